The number of amides is 1. The molecule has 1 aromatic rings. The van der Waals surface area contributed by atoms with Crippen molar-refractivity contribution in [2.75, 3.05) is 32.6 Å². The van der Waals surface area contributed by atoms with Crippen LogP contribution in [0.25, 0.3) is 0 Å². The van der Waals surface area contributed by atoms with E-state index in [1.807, 2.05) is 43.3 Å². The highest BCUT2D eigenvalue weighted by molar-refractivity contribution is 5.67. The van der Waals surface area contributed by atoms with Crippen molar-refractivity contribution < 1.29 is 9.53 Å². The van der Waals surface area contributed by atoms with Gasteiger partial charge in [-0.3, -0.25) is 0 Å². The Morgan fingerprint density at radius 3 is 2.24 bits per heavy atom. The van der Waals surface area contributed by atoms with Gasteiger partial charge in [-0.2, -0.15) is 0 Å². The first-order valence-corrected chi connectivity index (χ1v) is 5.68. The molecule has 4 heteroatoms. The fourth-order valence-electron chi connectivity index (χ4n) is 1.47. The number of anilines is 1. The topological polar surface area (TPSA) is 32.8 Å². The van der Waals surface area contributed by atoms with Crippen molar-refractivity contribution in [2.45, 2.75) is 13.5 Å². The van der Waals surface area contributed by atoms with Crippen LogP contribution in [0.1, 0.15) is 12.5 Å². The molecular formula is C13H20N2O2. The molecule has 0 fully saturated rings. The summed E-state index contributed by atoms with van der Waals surface area (Å²) in [7, 11) is 5.73. The van der Waals surface area contributed by atoms with E-state index >= 15 is 0 Å². The summed E-state index contributed by atoms with van der Waals surface area (Å²) in [5.74, 6) is 0. The van der Waals surface area contributed by atoms with Crippen LogP contribution in [-0.4, -0.2) is 38.7 Å². The van der Waals surface area contributed by atoms with Gasteiger partial charge in [-0.05, 0) is 24.6 Å². The van der Waals surface area contributed by atoms with Gasteiger partial charge in [0.25, 0.3) is 0 Å². The summed E-state index contributed by atoms with van der Waals surface area (Å²) < 4.78 is 4.92. The molecule has 0 spiro atoms. The molecule has 1 rings (SSSR count). The van der Waals surface area contributed by atoms with Crippen molar-refractivity contribution in [1.82, 2.24) is 4.90 Å². The van der Waals surface area contributed by atoms with E-state index in [0.717, 1.165) is 11.3 Å². The maximum atomic E-state index is 11.4. The first-order valence-electron chi connectivity index (χ1n) is 5.68. The lowest BCUT2D eigenvalue weighted by Gasteiger charge is -2.17. The summed E-state index contributed by atoms with van der Waals surface area (Å²) >= 11 is 0. The third kappa shape index (κ3) is 3.98. The van der Waals surface area contributed by atoms with Gasteiger partial charge in [-0.15, -0.1) is 0 Å². The Morgan fingerprint density at radius 2 is 1.76 bits per heavy atom. The highest BCUT2D eigenvalue weighted by atomic mass is 16.5. The van der Waals surface area contributed by atoms with Gasteiger partial charge >= 0.3 is 6.09 Å². The normalized spacial score (nSPS) is 9.88. The average Bonchev–Trinajstić information content (AvgIpc) is 2.30. The van der Waals surface area contributed by atoms with Crippen LogP contribution >= 0.6 is 0 Å². The fraction of sp³-hybridized carbons (Fsp3) is 0.462. The molecule has 0 aliphatic rings. The van der Waals surface area contributed by atoms with Crippen molar-refractivity contribution in [3.63, 3.8) is 0 Å². The van der Waals surface area contributed by atoms with E-state index in [9.17, 15) is 4.79 Å². The monoisotopic (exact) mass is 236 g/mol. The van der Waals surface area contributed by atoms with Crippen LogP contribution < -0.4 is 4.90 Å². The number of carbonyl (C=O) groups excluding carboxylic acids is 1. The van der Waals surface area contributed by atoms with Crippen LogP contribution in [0.4, 0.5) is 10.5 Å². The summed E-state index contributed by atoms with van der Waals surface area (Å²) in [5.41, 5.74) is 2.23. The predicted octanol–water partition coefficient (Wildman–Crippen LogP) is 2.34. The van der Waals surface area contributed by atoms with Gasteiger partial charge in [-0.25, -0.2) is 4.79 Å². The zero-order chi connectivity index (χ0) is 12.8. The smallest absolute Gasteiger partial charge is 0.409 e. The van der Waals surface area contributed by atoms with Crippen LogP contribution in [0, 0.1) is 0 Å². The lowest BCUT2D eigenvalue weighted by molar-refractivity contribution is 0.114. The lowest BCUT2D eigenvalue weighted by atomic mass is 10.2. The van der Waals surface area contributed by atoms with Gasteiger partial charge < -0.3 is 14.5 Å². The van der Waals surface area contributed by atoms with Crippen LogP contribution in [-0.2, 0) is 11.3 Å². The summed E-state index contributed by atoms with van der Waals surface area (Å²) in [4.78, 5) is 15.0. The molecule has 1 aromatic carbocycles. The predicted molar refractivity (Wildman–Crippen MR) is 69.3 cm³/mol. The highest BCUT2D eigenvalue weighted by Crippen LogP contribution is 2.13. The number of hydrogen-bond acceptors (Lipinski definition) is 3. The van der Waals surface area contributed by atoms with E-state index < -0.39 is 0 Å². The molecule has 0 radical (unpaired) electrons. The molecule has 0 unspecified atom stereocenters. The van der Waals surface area contributed by atoms with E-state index in [1.165, 1.54) is 0 Å². The van der Waals surface area contributed by atoms with E-state index in [4.69, 9.17) is 4.74 Å². The van der Waals surface area contributed by atoms with Crippen LogP contribution in [0.15, 0.2) is 24.3 Å². The Hall–Kier alpha value is -1.71. The summed E-state index contributed by atoms with van der Waals surface area (Å²) in [6, 6.07) is 8.11. The Morgan fingerprint density at radius 1 is 1.18 bits per heavy atom. The summed E-state index contributed by atoms with van der Waals surface area (Å²) in [5, 5.41) is 0. The molecule has 0 heterocycles. The van der Waals surface area contributed by atoms with Crippen LogP contribution in [0.2, 0.25) is 0 Å². The number of nitrogens with zero attached hydrogens (tertiary/aromatic N) is 2. The van der Waals surface area contributed by atoms with E-state index in [0.29, 0.717) is 13.2 Å². The largest absolute Gasteiger partial charge is 0.450 e. The maximum Gasteiger partial charge on any atom is 0.409 e. The third-order valence-electron chi connectivity index (χ3n) is 2.45. The quantitative estimate of drug-likeness (QED) is 0.804. The van der Waals surface area contributed by atoms with Gasteiger partial charge in [0.15, 0.2) is 0 Å². The number of ether oxygens (including phenoxy) is 1. The molecule has 94 valence electrons. The molecule has 0 saturated heterocycles. The minimum absolute atomic E-state index is 0.288. The fourth-order valence-corrected chi connectivity index (χ4v) is 1.47. The van der Waals surface area contributed by atoms with Gasteiger partial charge in [0, 0.05) is 33.4 Å². The van der Waals surface area contributed by atoms with Crippen molar-refractivity contribution in [3.05, 3.63) is 29.8 Å². The molecule has 0 aliphatic heterocycles. The maximum absolute atomic E-state index is 11.4. The summed E-state index contributed by atoms with van der Waals surface area (Å²) in [6.45, 7) is 2.77. The lowest BCUT2D eigenvalue weighted by Crippen LogP contribution is -2.26. The van der Waals surface area contributed by atoms with E-state index in [1.54, 1.807) is 18.9 Å². The molecular weight excluding hydrogens is 216 g/mol. The van der Waals surface area contributed by atoms with Crippen LogP contribution in [0.5, 0.6) is 0 Å². The van der Waals surface area contributed by atoms with Gasteiger partial charge in [-0.1, -0.05) is 12.1 Å². The molecule has 0 saturated carbocycles. The number of benzene rings is 1. The Kier molecular flexibility index (Phi) is 4.82. The summed E-state index contributed by atoms with van der Waals surface area (Å²) in [6.07, 6.45) is -0.288. The average molecular weight is 236 g/mol. The minimum Gasteiger partial charge on any atom is -0.450 e. The number of rotatable bonds is 4. The zero-order valence-corrected chi connectivity index (χ0v) is 10.9. The van der Waals surface area contributed by atoms with Crippen molar-refractivity contribution in [3.8, 4) is 0 Å². The minimum atomic E-state index is -0.288. The first-order chi connectivity index (χ1) is 8.04. The van der Waals surface area contributed by atoms with Crippen molar-refractivity contribution in [2.24, 2.45) is 0 Å². The SMILES string of the molecule is CCOC(=O)N(C)Cc1ccc(N(C)C)cc1. The Labute approximate surface area is 103 Å². The Balaban J connectivity index is 2.60. The molecule has 0 N–H and O–H groups in total. The molecule has 0 atom stereocenters. The van der Waals surface area contributed by atoms with Crippen molar-refractivity contribution >= 4 is 11.8 Å². The number of hydrogen-bond donors (Lipinski definition) is 0. The van der Waals surface area contributed by atoms with Gasteiger partial charge in [0.1, 0.15) is 0 Å². The standard InChI is InChI=1S/C13H20N2O2/c1-5-17-13(16)15(4)10-11-6-8-12(9-7-11)14(2)3/h6-9H,5,10H2,1-4H3. The molecule has 0 aliphatic carbocycles. The van der Waals surface area contributed by atoms with Crippen molar-refractivity contribution in [1.29, 1.82) is 0 Å². The van der Waals surface area contributed by atoms with E-state index in [-0.39, 0.29) is 6.09 Å². The highest BCUT2D eigenvalue weighted by Gasteiger charge is 2.09. The molecule has 17 heavy (non-hydrogen) atoms. The van der Waals surface area contributed by atoms with E-state index in [2.05, 4.69) is 0 Å². The second-order valence-corrected chi connectivity index (χ2v) is 4.12. The number of carbonyl (C=O) groups is 1. The second kappa shape index (κ2) is 6.13. The van der Waals surface area contributed by atoms with Crippen LogP contribution in [0.3, 0.4) is 0 Å². The third-order valence-corrected chi connectivity index (χ3v) is 2.45. The van der Waals surface area contributed by atoms with Gasteiger partial charge in [0.05, 0.1) is 6.61 Å². The van der Waals surface area contributed by atoms with Gasteiger partial charge in [0.2, 0.25) is 0 Å². The molecule has 0 aromatic heterocycles. The Bertz CT molecular complexity index is 360. The molecule has 1 amide bonds. The zero-order valence-electron chi connectivity index (χ0n) is 10.9. The molecule has 4 nitrogen and oxygen atoms in total. The first kappa shape index (κ1) is 13.4. The molecule has 0 bridgehead atoms. The second-order valence-electron chi connectivity index (χ2n) is 4.12.